The highest BCUT2D eigenvalue weighted by Crippen LogP contribution is 2.29. The summed E-state index contributed by atoms with van der Waals surface area (Å²) in [7, 11) is 0. The number of carbonyl (C=O) groups excluding carboxylic acids is 1. The zero-order valence-electron chi connectivity index (χ0n) is 17.7. The van der Waals surface area contributed by atoms with Crippen LogP contribution in [0.15, 0.2) is 102 Å². The molecule has 4 nitrogen and oxygen atoms in total. The molecule has 0 saturated carbocycles. The van der Waals surface area contributed by atoms with Gasteiger partial charge in [0.15, 0.2) is 0 Å². The first-order chi connectivity index (χ1) is 16.2. The molecule has 1 amide bonds. The minimum Gasteiger partial charge on any atom is -0.281 e. The quantitative estimate of drug-likeness (QED) is 0.270. The number of pyridine rings is 1. The van der Waals surface area contributed by atoms with Crippen LogP contribution in [-0.4, -0.2) is 16.6 Å². The van der Waals surface area contributed by atoms with E-state index >= 15 is 0 Å². The number of hydrogen-bond acceptors (Lipinski definition) is 4. The van der Waals surface area contributed by atoms with Crippen LogP contribution in [0.4, 0.5) is 11.4 Å². The van der Waals surface area contributed by atoms with Crippen LogP contribution in [-0.2, 0) is 4.79 Å². The average molecular weight is 470 g/mol. The molecule has 4 rings (SSSR count). The summed E-state index contributed by atoms with van der Waals surface area (Å²) in [5, 5.41) is 10.8. The topological polar surface area (TPSA) is 57.0 Å². The molecule has 0 aliphatic rings. The van der Waals surface area contributed by atoms with E-state index in [1.54, 1.807) is 11.0 Å². The summed E-state index contributed by atoms with van der Waals surface area (Å²) < 4.78 is 0. The van der Waals surface area contributed by atoms with E-state index in [0.717, 1.165) is 22.6 Å². The molecule has 0 spiro atoms. The van der Waals surface area contributed by atoms with Gasteiger partial charge in [-0.2, -0.15) is 5.26 Å². The number of halogens is 1. The Hall–Kier alpha value is -3.59. The van der Waals surface area contributed by atoms with Crippen molar-refractivity contribution in [3.05, 3.63) is 108 Å². The largest absolute Gasteiger partial charge is 0.281 e. The lowest BCUT2D eigenvalue weighted by Gasteiger charge is -2.23. The number of carbonyl (C=O) groups is 1. The highest BCUT2D eigenvalue weighted by molar-refractivity contribution is 7.99. The first-order valence-corrected chi connectivity index (χ1v) is 11.7. The molecule has 4 aromatic rings. The molecule has 0 unspecified atom stereocenters. The summed E-state index contributed by atoms with van der Waals surface area (Å²) in [5.74, 6) is 0.480. The summed E-state index contributed by atoms with van der Waals surface area (Å²) in [6, 6.07) is 32.4. The van der Waals surface area contributed by atoms with Crippen molar-refractivity contribution < 1.29 is 4.79 Å². The number of rotatable bonds is 7. The number of thioether (sulfide) groups is 1. The monoisotopic (exact) mass is 469 g/mol. The van der Waals surface area contributed by atoms with Gasteiger partial charge in [0.25, 0.3) is 0 Å². The summed E-state index contributed by atoms with van der Waals surface area (Å²) in [6.07, 6.45) is 0.298. The third-order valence-corrected chi connectivity index (χ3v) is 6.20. The van der Waals surface area contributed by atoms with Crippen molar-refractivity contribution in [3.8, 4) is 17.3 Å². The molecule has 33 heavy (non-hydrogen) atoms. The van der Waals surface area contributed by atoms with E-state index in [2.05, 4.69) is 11.1 Å². The second-order valence-corrected chi connectivity index (χ2v) is 8.69. The van der Waals surface area contributed by atoms with E-state index in [-0.39, 0.29) is 5.91 Å². The Morgan fingerprint density at radius 2 is 1.48 bits per heavy atom. The summed E-state index contributed by atoms with van der Waals surface area (Å²) in [6.45, 7) is 0. The molecule has 0 fully saturated rings. The lowest BCUT2D eigenvalue weighted by Crippen LogP contribution is -2.26. The molecule has 0 saturated heterocycles. The highest BCUT2D eigenvalue weighted by atomic mass is 35.5. The van der Waals surface area contributed by atoms with Crippen LogP contribution >= 0.6 is 23.4 Å². The minimum atomic E-state index is -0.0211. The van der Waals surface area contributed by atoms with Gasteiger partial charge in [-0.05, 0) is 48.5 Å². The van der Waals surface area contributed by atoms with Gasteiger partial charge in [-0.25, -0.2) is 4.98 Å². The summed E-state index contributed by atoms with van der Waals surface area (Å²) >= 11 is 7.40. The fourth-order valence-electron chi connectivity index (χ4n) is 3.35. The SMILES string of the molecule is N#Cc1ccc(-c2ccc(Cl)cc2)nc1SCCC(=O)N(c1ccccc1)c1ccccc1. The van der Waals surface area contributed by atoms with Gasteiger partial charge < -0.3 is 0 Å². The zero-order valence-corrected chi connectivity index (χ0v) is 19.3. The van der Waals surface area contributed by atoms with Crippen LogP contribution in [0.5, 0.6) is 0 Å². The van der Waals surface area contributed by atoms with Gasteiger partial charge in [0.1, 0.15) is 11.1 Å². The van der Waals surface area contributed by atoms with Crippen molar-refractivity contribution in [1.82, 2.24) is 4.98 Å². The Bertz CT molecular complexity index is 1230. The van der Waals surface area contributed by atoms with Crippen LogP contribution in [0, 0.1) is 11.3 Å². The van der Waals surface area contributed by atoms with Crippen molar-refractivity contribution in [2.45, 2.75) is 11.4 Å². The van der Waals surface area contributed by atoms with E-state index in [9.17, 15) is 10.1 Å². The molecule has 0 aliphatic heterocycles. The van der Waals surface area contributed by atoms with E-state index < -0.39 is 0 Å². The number of benzene rings is 3. The second kappa shape index (κ2) is 10.8. The molecular weight excluding hydrogens is 450 g/mol. The first-order valence-electron chi connectivity index (χ1n) is 10.4. The maximum absolute atomic E-state index is 13.2. The molecule has 0 N–H and O–H groups in total. The molecule has 0 atom stereocenters. The fourth-order valence-corrected chi connectivity index (χ4v) is 4.38. The van der Waals surface area contributed by atoms with Crippen molar-refractivity contribution >= 4 is 40.6 Å². The van der Waals surface area contributed by atoms with E-state index in [1.807, 2.05) is 91.0 Å². The number of para-hydroxylation sites is 2. The molecule has 1 heterocycles. The number of hydrogen-bond donors (Lipinski definition) is 0. The Morgan fingerprint density at radius 1 is 0.879 bits per heavy atom. The Balaban J connectivity index is 1.51. The smallest absolute Gasteiger partial charge is 0.232 e. The van der Waals surface area contributed by atoms with Crippen molar-refractivity contribution in [2.75, 3.05) is 10.7 Å². The Morgan fingerprint density at radius 3 is 2.06 bits per heavy atom. The van der Waals surface area contributed by atoms with Crippen molar-refractivity contribution in [2.24, 2.45) is 0 Å². The van der Waals surface area contributed by atoms with Crippen LogP contribution in [0.3, 0.4) is 0 Å². The van der Waals surface area contributed by atoms with Gasteiger partial charge in [0.2, 0.25) is 5.91 Å². The van der Waals surface area contributed by atoms with Crippen LogP contribution in [0.25, 0.3) is 11.3 Å². The Labute approximate surface area is 202 Å². The van der Waals surface area contributed by atoms with Gasteiger partial charge in [0.05, 0.1) is 11.3 Å². The number of nitrogens with zero attached hydrogens (tertiary/aromatic N) is 3. The van der Waals surface area contributed by atoms with Crippen LogP contribution in [0.1, 0.15) is 12.0 Å². The molecule has 162 valence electrons. The van der Waals surface area contributed by atoms with E-state index in [4.69, 9.17) is 11.6 Å². The summed E-state index contributed by atoms with van der Waals surface area (Å²) in [4.78, 5) is 19.6. The van der Waals surface area contributed by atoms with Crippen molar-refractivity contribution in [3.63, 3.8) is 0 Å². The molecule has 0 radical (unpaired) electrons. The van der Waals surface area contributed by atoms with Gasteiger partial charge in [-0.1, -0.05) is 60.1 Å². The summed E-state index contributed by atoms with van der Waals surface area (Å²) in [5.41, 5.74) is 3.81. The van der Waals surface area contributed by atoms with Gasteiger partial charge in [0, 0.05) is 34.1 Å². The second-order valence-electron chi connectivity index (χ2n) is 7.17. The molecule has 1 aromatic heterocycles. The predicted octanol–water partition coefficient (Wildman–Crippen LogP) is 7.12. The third-order valence-electron chi connectivity index (χ3n) is 4.95. The maximum atomic E-state index is 13.2. The van der Waals surface area contributed by atoms with E-state index in [0.29, 0.717) is 27.8 Å². The van der Waals surface area contributed by atoms with Gasteiger partial charge in [-0.15, -0.1) is 11.8 Å². The first kappa shape index (κ1) is 22.6. The number of anilines is 2. The molecule has 6 heteroatoms. The molecule has 0 bridgehead atoms. The average Bonchev–Trinajstić information content (AvgIpc) is 2.86. The van der Waals surface area contributed by atoms with Gasteiger partial charge >= 0.3 is 0 Å². The van der Waals surface area contributed by atoms with Crippen molar-refractivity contribution in [1.29, 1.82) is 5.26 Å². The fraction of sp³-hybridized carbons (Fsp3) is 0.0741. The van der Waals surface area contributed by atoms with E-state index in [1.165, 1.54) is 11.8 Å². The minimum absolute atomic E-state index is 0.0211. The predicted molar refractivity (Wildman–Crippen MR) is 135 cm³/mol. The lowest BCUT2D eigenvalue weighted by atomic mass is 10.1. The van der Waals surface area contributed by atoms with Crippen LogP contribution < -0.4 is 4.90 Å². The highest BCUT2D eigenvalue weighted by Gasteiger charge is 2.18. The number of aromatic nitrogens is 1. The Kier molecular flexibility index (Phi) is 7.41. The lowest BCUT2D eigenvalue weighted by molar-refractivity contribution is -0.117. The maximum Gasteiger partial charge on any atom is 0.232 e. The third kappa shape index (κ3) is 5.61. The normalized spacial score (nSPS) is 10.4. The molecule has 3 aromatic carbocycles. The van der Waals surface area contributed by atoms with Gasteiger partial charge in [-0.3, -0.25) is 9.69 Å². The number of nitriles is 1. The van der Waals surface area contributed by atoms with Crippen LogP contribution in [0.2, 0.25) is 5.02 Å². The molecular formula is C27H20ClN3OS. The number of amides is 1. The zero-order chi connectivity index (χ0) is 23.0. The standard InChI is InChI=1S/C27H20ClN3OS/c28-22-14-11-20(12-15-22)25-16-13-21(19-29)27(30-25)33-18-17-26(32)31(23-7-3-1-4-8-23)24-9-5-2-6-10-24/h1-16H,17-18H2. The molecule has 0 aliphatic carbocycles.